The van der Waals surface area contributed by atoms with Gasteiger partial charge in [0.25, 0.3) is 0 Å². The van der Waals surface area contributed by atoms with E-state index in [4.69, 9.17) is 9.47 Å². The van der Waals surface area contributed by atoms with Gasteiger partial charge in [0.15, 0.2) is 0 Å². The fourth-order valence-corrected chi connectivity index (χ4v) is 2.75. The van der Waals surface area contributed by atoms with Crippen molar-refractivity contribution in [1.29, 1.82) is 0 Å². The molecular weight excluding hydrogens is 348 g/mol. The van der Waals surface area contributed by atoms with Crippen LogP contribution in [0.25, 0.3) is 11.1 Å². The van der Waals surface area contributed by atoms with E-state index >= 15 is 0 Å². The predicted molar refractivity (Wildman–Crippen MR) is 116 cm³/mol. The summed E-state index contributed by atoms with van der Waals surface area (Å²) in [6.45, 7) is 4.88. The van der Waals surface area contributed by atoms with Crippen molar-refractivity contribution in [1.82, 2.24) is 0 Å². The molecule has 0 aromatic heterocycles. The quantitative estimate of drug-likeness (QED) is 0.143. The molecule has 0 atom stereocenters. The largest absolute Gasteiger partial charge is 0.494 e. The van der Waals surface area contributed by atoms with Crippen LogP contribution in [0.15, 0.2) is 72.8 Å². The number of allylic oxidation sites excluding steroid dienone is 3. The van der Waals surface area contributed by atoms with Crippen LogP contribution in [0.5, 0.6) is 11.5 Å². The number of carbonyl (C=O) groups is 1. The van der Waals surface area contributed by atoms with Crippen LogP contribution < -0.4 is 9.47 Å². The Morgan fingerprint density at radius 3 is 2.04 bits per heavy atom. The summed E-state index contributed by atoms with van der Waals surface area (Å²) < 4.78 is 11.1. The molecule has 2 rings (SSSR count). The minimum Gasteiger partial charge on any atom is -0.494 e. The van der Waals surface area contributed by atoms with E-state index in [1.165, 1.54) is 31.8 Å². The van der Waals surface area contributed by atoms with Gasteiger partial charge in [-0.2, -0.15) is 0 Å². The Labute approximate surface area is 168 Å². The molecular formula is C25H30O3. The Morgan fingerprint density at radius 2 is 1.43 bits per heavy atom. The molecule has 0 amide bonds. The van der Waals surface area contributed by atoms with E-state index in [0.29, 0.717) is 5.75 Å². The van der Waals surface area contributed by atoms with Crippen LogP contribution in [0, 0.1) is 0 Å². The number of hydrogen-bond acceptors (Lipinski definition) is 3. The molecule has 2 aromatic rings. The molecule has 0 saturated heterocycles. The van der Waals surface area contributed by atoms with Crippen molar-refractivity contribution < 1.29 is 14.3 Å². The highest BCUT2D eigenvalue weighted by atomic mass is 16.5. The second-order valence-electron chi connectivity index (χ2n) is 6.62. The molecule has 0 heterocycles. The van der Waals surface area contributed by atoms with Crippen LogP contribution in [0.3, 0.4) is 0 Å². The van der Waals surface area contributed by atoms with Crippen LogP contribution in [0.2, 0.25) is 0 Å². The van der Waals surface area contributed by atoms with Crippen molar-refractivity contribution in [2.75, 3.05) is 6.61 Å². The molecule has 0 spiro atoms. The predicted octanol–water partition coefficient (Wildman–Crippen LogP) is 6.74. The molecule has 0 fully saturated rings. The molecule has 3 nitrogen and oxygen atoms in total. The average Bonchev–Trinajstić information content (AvgIpc) is 2.72. The van der Waals surface area contributed by atoms with Crippen LogP contribution in [-0.4, -0.2) is 12.6 Å². The summed E-state index contributed by atoms with van der Waals surface area (Å²) in [6.07, 6.45) is 12.9. The Kier molecular flexibility index (Phi) is 9.64. The first kappa shape index (κ1) is 21.5. The van der Waals surface area contributed by atoms with Crippen molar-refractivity contribution in [3.8, 4) is 22.6 Å². The molecule has 0 saturated carbocycles. The molecule has 0 aliphatic heterocycles. The monoisotopic (exact) mass is 378 g/mol. The molecule has 0 aliphatic carbocycles. The average molecular weight is 379 g/mol. The Hall–Kier alpha value is -2.81. The van der Waals surface area contributed by atoms with Gasteiger partial charge in [0.2, 0.25) is 0 Å². The summed E-state index contributed by atoms with van der Waals surface area (Å²) >= 11 is 0. The van der Waals surface area contributed by atoms with Gasteiger partial charge in [0.05, 0.1) is 6.61 Å². The summed E-state index contributed by atoms with van der Waals surface area (Å²) in [4.78, 5) is 11.7. The van der Waals surface area contributed by atoms with Crippen molar-refractivity contribution in [2.45, 2.75) is 46.0 Å². The van der Waals surface area contributed by atoms with Gasteiger partial charge in [-0.1, -0.05) is 75.1 Å². The van der Waals surface area contributed by atoms with Crippen molar-refractivity contribution in [2.24, 2.45) is 0 Å². The molecule has 2 aromatic carbocycles. The van der Waals surface area contributed by atoms with E-state index in [-0.39, 0.29) is 5.97 Å². The molecule has 28 heavy (non-hydrogen) atoms. The SMILES string of the molecule is C/C=C/C=C/C(=O)Oc1ccc(-c2ccc(OCCCCCCC)cc2)cc1. The van der Waals surface area contributed by atoms with Gasteiger partial charge >= 0.3 is 5.97 Å². The summed E-state index contributed by atoms with van der Waals surface area (Å²) in [6, 6.07) is 15.6. The standard InChI is InChI=1S/C25H30O3/c1-3-5-7-8-10-20-27-23-16-12-21(13-17-23)22-14-18-24(19-15-22)28-25(26)11-9-6-4-2/h4,6,9,11-19H,3,5,7-8,10,20H2,1-2H3/b6-4+,11-9+. The lowest BCUT2D eigenvalue weighted by Gasteiger charge is -2.08. The van der Waals surface area contributed by atoms with Gasteiger partial charge in [-0.15, -0.1) is 0 Å². The smallest absolute Gasteiger partial charge is 0.336 e. The fourth-order valence-electron chi connectivity index (χ4n) is 2.75. The molecule has 0 bridgehead atoms. The number of hydrogen-bond donors (Lipinski definition) is 0. The van der Waals surface area contributed by atoms with Gasteiger partial charge in [0.1, 0.15) is 11.5 Å². The molecule has 148 valence electrons. The minimum absolute atomic E-state index is 0.387. The topological polar surface area (TPSA) is 35.5 Å². The van der Waals surface area contributed by atoms with Crippen LogP contribution in [-0.2, 0) is 4.79 Å². The maximum Gasteiger partial charge on any atom is 0.336 e. The molecule has 0 aliphatic rings. The van der Waals surface area contributed by atoms with E-state index < -0.39 is 0 Å². The van der Waals surface area contributed by atoms with Crippen molar-refractivity contribution in [3.05, 3.63) is 72.8 Å². The maximum absolute atomic E-state index is 11.7. The molecule has 0 unspecified atom stereocenters. The Balaban J connectivity index is 1.83. The first-order chi connectivity index (χ1) is 13.7. The fraction of sp³-hybridized carbons (Fsp3) is 0.320. The highest BCUT2D eigenvalue weighted by Crippen LogP contribution is 2.25. The first-order valence-electron chi connectivity index (χ1n) is 10.1. The maximum atomic E-state index is 11.7. The first-order valence-corrected chi connectivity index (χ1v) is 10.1. The molecule has 0 radical (unpaired) electrons. The van der Waals surface area contributed by atoms with E-state index in [9.17, 15) is 4.79 Å². The van der Waals surface area contributed by atoms with Crippen LogP contribution in [0.1, 0.15) is 46.0 Å². The third-order valence-corrected chi connectivity index (χ3v) is 4.31. The third kappa shape index (κ3) is 7.83. The zero-order valence-electron chi connectivity index (χ0n) is 16.9. The summed E-state index contributed by atoms with van der Waals surface area (Å²) in [5.41, 5.74) is 2.16. The van der Waals surface area contributed by atoms with E-state index in [2.05, 4.69) is 6.92 Å². The number of ether oxygens (including phenoxy) is 2. The van der Waals surface area contributed by atoms with Gasteiger partial charge in [-0.25, -0.2) is 4.79 Å². The van der Waals surface area contributed by atoms with Gasteiger partial charge in [-0.3, -0.25) is 0 Å². The normalized spacial score (nSPS) is 11.2. The second-order valence-corrected chi connectivity index (χ2v) is 6.62. The molecule has 3 heteroatoms. The highest BCUT2D eigenvalue weighted by Gasteiger charge is 2.03. The minimum atomic E-state index is -0.387. The second kappa shape index (κ2) is 12.6. The number of rotatable bonds is 11. The lowest BCUT2D eigenvalue weighted by molar-refractivity contribution is -0.128. The van der Waals surface area contributed by atoms with Crippen molar-refractivity contribution in [3.63, 3.8) is 0 Å². The summed E-state index contributed by atoms with van der Waals surface area (Å²) in [5, 5.41) is 0. The van der Waals surface area contributed by atoms with Gasteiger partial charge < -0.3 is 9.47 Å². The number of benzene rings is 2. The van der Waals surface area contributed by atoms with Crippen molar-refractivity contribution >= 4 is 5.97 Å². The van der Waals surface area contributed by atoms with Crippen LogP contribution >= 0.6 is 0 Å². The number of unbranched alkanes of at least 4 members (excludes halogenated alkanes) is 4. The number of carbonyl (C=O) groups excluding carboxylic acids is 1. The van der Waals surface area contributed by atoms with Gasteiger partial charge in [-0.05, 0) is 48.7 Å². The van der Waals surface area contributed by atoms with E-state index in [1.54, 1.807) is 24.3 Å². The Bertz CT molecular complexity index is 755. The van der Waals surface area contributed by atoms with Gasteiger partial charge in [0, 0.05) is 6.08 Å². The summed E-state index contributed by atoms with van der Waals surface area (Å²) in [7, 11) is 0. The lowest BCUT2D eigenvalue weighted by Crippen LogP contribution is -2.03. The number of esters is 1. The summed E-state index contributed by atoms with van der Waals surface area (Å²) in [5.74, 6) is 1.04. The van der Waals surface area contributed by atoms with E-state index in [0.717, 1.165) is 29.9 Å². The molecule has 0 N–H and O–H groups in total. The third-order valence-electron chi connectivity index (χ3n) is 4.31. The Morgan fingerprint density at radius 1 is 0.821 bits per heavy atom. The zero-order valence-corrected chi connectivity index (χ0v) is 16.9. The lowest BCUT2D eigenvalue weighted by atomic mass is 10.1. The van der Waals surface area contributed by atoms with Crippen LogP contribution in [0.4, 0.5) is 0 Å². The zero-order chi connectivity index (χ0) is 20.0. The van der Waals surface area contributed by atoms with E-state index in [1.807, 2.05) is 49.4 Å². The highest BCUT2D eigenvalue weighted by molar-refractivity contribution is 5.84.